The molecule has 1 aliphatic rings. The molecule has 1 aromatic heterocycles. The molecule has 0 amide bonds. The quantitative estimate of drug-likeness (QED) is 0.748. The van der Waals surface area contributed by atoms with E-state index >= 15 is 0 Å². The SMILES string of the molecule is c1ccc(-c2cccc3c(CCNC4CC4)coc23)cc1. The first-order valence-electron chi connectivity index (χ1n) is 7.70. The molecule has 0 aliphatic heterocycles. The van der Waals surface area contributed by atoms with Crippen LogP contribution >= 0.6 is 0 Å². The first kappa shape index (κ1) is 12.7. The van der Waals surface area contributed by atoms with Gasteiger partial charge in [0.1, 0.15) is 5.58 Å². The van der Waals surface area contributed by atoms with Crippen molar-refractivity contribution in [3.8, 4) is 11.1 Å². The summed E-state index contributed by atoms with van der Waals surface area (Å²) in [6.07, 6.45) is 5.63. The summed E-state index contributed by atoms with van der Waals surface area (Å²) in [6, 6.07) is 17.6. The van der Waals surface area contributed by atoms with Crippen molar-refractivity contribution in [2.24, 2.45) is 0 Å². The van der Waals surface area contributed by atoms with E-state index in [1.807, 2.05) is 12.3 Å². The van der Waals surface area contributed by atoms with Crippen molar-refractivity contribution < 1.29 is 4.42 Å². The average molecular weight is 277 g/mol. The summed E-state index contributed by atoms with van der Waals surface area (Å²) in [5.74, 6) is 0. The van der Waals surface area contributed by atoms with Gasteiger partial charge in [0.15, 0.2) is 0 Å². The molecular formula is C19H19NO. The minimum atomic E-state index is 0.767. The third-order valence-corrected chi connectivity index (χ3v) is 4.17. The van der Waals surface area contributed by atoms with E-state index in [4.69, 9.17) is 4.42 Å². The van der Waals surface area contributed by atoms with E-state index in [2.05, 4.69) is 47.8 Å². The highest BCUT2D eigenvalue weighted by molar-refractivity contribution is 5.94. The van der Waals surface area contributed by atoms with E-state index in [-0.39, 0.29) is 0 Å². The van der Waals surface area contributed by atoms with Crippen LogP contribution < -0.4 is 5.32 Å². The Bertz CT molecular complexity index is 741. The fourth-order valence-electron chi connectivity index (χ4n) is 2.85. The van der Waals surface area contributed by atoms with Crippen LogP contribution in [0.2, 0.25) is 0 Å². The molecule has 0 unspecified atom stereocenters. The zero-order chi connectivity index (χ0) is 14.1. The van der Waals surface area contributed by atoms with Crippen LogP contribution in [0.3, 0.4) is 0 Å². The van der Waals surface area contributed by atoms with Crippen molar-refractivity contribution in [2.75, 3.05) is 6.54 Å². The van der Waals surface area contributed by atoms with Crippen molar-refractivity contribution in [3.05, 3.63) is 60.4 Å². The molecule has 4 rings (SSSR count). The summed E-state index contributed by atoms with van der Waals surface area (Å²) in [5, 5.41) is 4.81. The van der Waals surface area contributed by atoms with Gasteiger partial charge in [-0.1, -0.05) is 48.5 Å². The summed E-state index contributed by atoms with van der Waals surface area (Å²) >= 11 is 0. The summed E-state index contributed by atoms with van der Waals surface area (Å²) in [4.78, 5) is 0. The van der Waals surface area contributed by atoms with Crippen molar-refractivity contribution in [1.29, 1.82) is 0 Å². The number of nitrogens with one attached hydrogen (secondary N) is 1. The molecule has 0 spiro atoms. The highest BCUT2D eigenvalue weighted by Crippen LogP contribution is 2.31. The lowest BCUT2D eigenvalue weighted by atomic mass is 10.0. The van der Waals surface area contributed by atoms with Gasteiger partial charge in [0.05, 0.1) is 6.26 Å². The maximum Gasteiger partial charge on any atom is 0.141 e. The van der Waals surface area contributed by atoms with Crippen LogP contribution in [0.4, 0.5) is 0 Å². The molecule has 1 fully saturated rings. The van der Waals surface area contributed by atoms with Gasteiger partial charge in [-0.15, -0.1) is 0 Å². The number of benzene rings is 2. The Morgan fingerprint density at radius 3 is 2.67 bits per heavy atom. The maximum atomic E-state index is 5.88. The Hall–Kier alpha value is -2.06. The lowest BCUT2D eigenvalue weighted by Gasteiger charge is -2.03. The van der Waals surface area contributed by atoms with E-state index in [1.165, 1.54) is 34.9 Å². The van der Waals surface area contributed by atoms with Crippen LogP contribution in [0, 0.1) is 0 Å². The Kier molecular flexibility index (Phi) is 3.24. The molecular weight excluding hydrogens is 258 g/mol. The number of fused-ring (bicyclic) bond motifs is 1. The summed E-state index contributed by atoms with van der Waals surface area (Å²) in [6.45, 7) is 1.04. The van der Waals surface area contributed by atoms with Gasteiger partial charge in [0, 0.05) is 17.0 Å². The molecule has 1 aliphatic carbocycles. The van der Waals surface area contributed by atoms with E-state index in [0.717, 1.165) is 24.6 Å². The van der Waals surface area contributed by atoms with Gasteiger partial charge in [-0.2, -0.15) is 0 Å². The molecule has 3 aromatic rings. The van der Waals surface area contributed by atoms with Gasteiger partial charge < -0.3 is 9.73 Å². The van der Waals surface area contributed by atoms with Crippen LogP contribution in [-0.2, 0) is 6.42 Å². The zero-order valence-electron chi connectivity index (χ0n) is 12.0. The fourth-order valence-corrected chi connectivity index (χ4v) is 2.85. The maximum absolute atomic E-state index is 5.88. The molecule has 0 bridgehead atoms. The largest absolute Gasteiger partial charge is 0.463 e. The first-order valence-corrected chi connectivity index (χ1v) is 7.70. The third-order valence-electron chi connectivity index (χ3n) is 4.17. The van der Waals surface area contributed by atoms with Gasteiger partial charge in [0.2, 0.25) is 0 Å². The van der Waals surface area contributed by atoms with Gasteiger partial charge in [0.25, 0.3) is 0 Å². The predicted octanol–water partition coefficient (Wildman–Crippen LogP) is 4.39. The Labute approximate surface area is 124 Å². The van der Waals surface area contributed by atoms with Gasteiger partial charge in [-0.05, 0) is 36.9 Å². The molecule has 2 nitrogen and oxygen atoms in total. The van der Waals surface area contributed by atoms with E-state index in [9.17, 15) is 0 Å². The second kappa shape index (κ2) is 5.38. The Morgan fingerprint density at radius 2 is 1.86 bits per heavy atom. The average Bonchev–Trinajstić information content (AvgIpc) is 3.27. The number of para-hydroxylation sites is 1. The normalized spacial score (nSPS) is 14.7. The molecule has 1 N–H and O–H groups in total. The van der Waals surface area contributed by atoms with E-state index in [1.54, 1.807) is 0 Å². The Morgan fingerprint density at radius 1 is 1.00 bits per heavy atom. The van der Waals surface area contributed by atoms with Crippen molar-refractivity contribution in [2.45, 2.75) is 25.3 Å². The van der Waals surface area contributed by atoms with Crippen LogP contribution in [0.15, 0.2) is 59.2 Å². The standard InChI is InChI=1S/C19H19NO/c1-2-5-14(6-3-1)17-7-4-8-18-15(13-21-19(17)18)11-12-20-16-9-10-16/h1-8,13,16,20H,9-12H2. The third kappa shape index (κ3) is 2.59. The number of rotatable bonds is 5. The molecule has 0 saturated heterocycles. The monoisotopic (exact) mass is 277 g/mol. The van der Waals surface area contributed by atoms with Crippen LogP contribution in [-0.4, -0.2) is 12.6 Å². The van der Waals surface area contributed by atoms with Crippen LogP contribution in [0.25, 0.3) is 22.1 Å². The summed E-state index contributed by atoms with van der Waals surface area (Å²) in [5.41, 5.74) is 4.69. The summed E-state index contributed by atoms with van der Waals surface area (Å²) < 4.78 is 5.88. The molecule has 2 aromatic carbocycles. The fraction of sp³-hybridized carbons (Fsp3) is 0.263. The van der Waals surface area contributed by atoms with Crippen molar-refractivity contribution in [3.63, 3.8) is 0 Å². The molecule has 2 heteroatoms. The van der Waals surface area contributed by atoms with Crippen molar-refractivity contribution >= 4 is 11.0 Å². The highest BCUT2D eigenvalue weighted by Gasteiger charge is 2.20. The molecule has 21 heavy (non-hydrogen) atoms. The van der Waals surface area contributed by atoms with Crippen LogP contribution in [0.1, 0.15) is 18.4 Å². The highest BCUT2D eigenvalue weighted by atomic mass is 16.3. The molecule has 0 atom stereocenters. The minimum absolute atomic E-state index is 0.767. The number of hydrogen-bond acceptors (Lipinski definition) is 2. The number of furan rings is 1. The second-order valence-electron chi connectivity index (χ2n) is 5.79. The van der Waals surface area contributed by atoms with Gasteiger partial charge in [-0.25, -0.2) is 0 Å². The van der Waals surface area contributed by atoms with Crippen LogP contribution in [0.5, 0.6) is 0 Å². The smallest absolute Gasteiger partial charge is 0.141 e. The second-order valence-corrected chi connectivity index (χ2v) is 5.79. The lowest BCUT2D eigenvalue weighted by molar-refractivity contribution is 0.606. The zero-order valence-corrected chi connectivity index (χ0v) is 12.0. The predicted molar refractivity (Wildman–Crippen MR) is 86.4 cm³/mol. The van der Waals surface area contributed by atoms with E-state index < -0.39 is 0 Å². The van der Waals surface area contributed by atoms with E-state index in [0.29, 0.717) is 0 Å². The van der Waals surface area contributed by atoms with Gasteiger partial charge >= 0.3 is 0 Å². The first-order chi connectivity index (χ1) is 10.4. The van der Waals surface area contributed by atoms with Crippen molar-refractivity contribution in [1.82, 2.24) is 5.32 Å². The van der Waals surface area contributed by atoms with Gasteiger partial charge in [-0.3, -0.25) is 0 Å². The summed E-state index contributed by atoms with van der Waals surface area (Å²) in [7, 11) is 0. The topological polar surface area (TPSA) is 25.2 Å². The minimum Gasteiger partial charge on any atom is -0.463 e. The molecule has 0 radical (unpaired) electrons. The Balaban J connectivity index is 1.65. The lowest BCUT2D eigenvalue weighted by Crippen LogP contribution is -2.19. The number of hydrogen-bond donors (Lipinski definition) is 1. The molecule has 1 heterocycles. The molecule has 1 saturated carbocycles. The molecule has 106 valence electrons.